The molecule has 0 unspecified atom stereocenters. The molecule has 0 aliphatic heterocycles. The zero-order valence-corrected chi connectivity index (χ0v) is 17.1. The third-order valence-corrected chi connectivity index (χ3v) is 5.54. The van der Waals surface area contributed by atoms with E-state index in [1.807, 2.05) is 0 Å². The highest BCUT2D eigenvalue weighted by Gasteiger charge is 2.23. The van der Waals surface area contributed by atoms with E-state index in [-0.39, 0.29) is 5.41 Å². The predicted molar refractivity (Wildman–Crippen MR) is 123 cm³/mol. The molecule has 0 aliphatic rings. The van der Waals surface area contributed by atoms with Gasteiger partial charge in [0.15, 0.2) is 0 Å². The maximum absolute atomic E-state index is 5.10. The van der Waals surface area contributed by atoms with Crippen molar-refractivity contribution < 1.29 is 0 Å². The summed E-state index contributed by atoms with van der Waals surface area (Å²) < 4.78 is 2.32. The lowest BCUT2D eigenvalue weighted by atomic mass is 9.83. The van der Waals surface area contributed by atoms with Crippen molar-refractivity contribution in [3.05, 3.63) is 96.6 Å². The molecule has 29 heavy (non-hydrogen) atoms. The van der Waals surface area contributed by atoms with E-state index in [1.54, 1.807) is 0 Å². The van der Waals surface area contributed by atoms with Crippen LogP contribution in [0.2, 0.25) is 0 Å². The van der Waals surface area contributed by atoms with Gasteiger partial charge in [0, 0.05) is 10.9 Å². The third-order valence-electron chi connectivity index (χ3n) is 5.54. The lowest BCUT2D eigenvalue weighted by molar-refractivity contribution is 0.591. The van der Waals surface area contributed by atoms with Gasteiger partial charge in [-0.25, -0.2) is 4.98 Å². The minimum Gasteiger partial charge on any atom is -0.292 e. The van der Waals surface area contributed by atoms with Crippen LogP contribution in [0.25, 0.3) is 38.9 Å². The molecule has 1 aromatic heterocycles. The van der Waals surface area contributed by atoms with Crippen LogP contribution in [-0.2, 0) is 5.41 Å². The lowest BCUT2D eigenvalue weighted by Crippen LogP contribution is -2.13. The van der Waals surface area contributed by atoms with E-state index in [9.17, 15) is 0 Å². The summed E-state index contributed by atoms with van der Waals surface area (Å²) in [5.41, 5.74) is 5.82. The van der Waals surface area contributed by atoms with Gasteiger partial charge in [-0.2, -0.15) is 0 Å². The largest absolute Gasteiger partial charge is 0.292 e. The second-order valence-corrected chi connectivity index (χ2v) is 8.55. The van der Waals surface area contributed by atoms with E-state index >= 15 is 0 Å². The Hall–Kier alpha value is -3.39. The van der Waals surface area contributed by atoms with Crippen molar-refractivity contribution in [1.82, 2.24) is 9.55 Å². The van der Waals surface area contributed by atoms with Gasteiger partial charge in [0.25, 0.3) is 0 Å². The number of para-hydroxylation sites is 2. The molecule has 2 nitrogen and oxygen atoms in total. The molecule has 0 spiro atoms. The first-order valence-electron chi connectivity index (χ1n) is 10.1. The van der Waals surface area contributed by atoms with Crippen LogP contribution >= 0.6 is 0 Å². The van der Waals surface area contributed by atoms with Crippen molar-refractivity contribution in [2.75, 3.05) is 0 Å². The van der Waals surface area contributed by atoms with E-state index < -0.39 is 0 Å². The second kappa shape index (κ2) is 6.59. The molecule has 0 bridgehead atoms. The first-order chi connectivity index (χ1) is 14.0. The topological polar surface area (TPSA) is 17.8 Å². The maximum Gasteiger partial charge on any atom is 0.146 e. The average Bonchev–Trinajstić information content (AvgIpc) is 3.12. The first-order valence-corrected chi connectivity index (χ1v) is 10.1. The number of nitrogens with zero attached hydrogens (tertiary/aromatic N) is 2. The smallest absolute Gasteiger partial charge is 0.146 e. The Balaban J connectivity index is 1.91. The lowest BCUT2D eigenvalue weighted by Gasteiger charge is -2.23. The van der Waals surface area contributed by atoms with Gasteiger partial charge in [-0.05, 0) is 34.6 Å². The molecule has 0 fully saturated rings. The molecule has 4 aromatic carbocycles. The van der Waals surface area contributed by atoms with E-state index in [2.05, 4.69) is 116 Å². The van der Waals surface area contributed by atoms with Gasteiger partial charge in [0.1, 0.15) is 5.82 Å². The number of hydrogen-bond donors (Lipinski definition) is 0. The average molecular weight is 377 g/mol. The molecule has 0 saturated carbocycles. The van der Waals surface area contributed by atoms with E-state index in [4.69, 9.17) is 4.98 Å². The van der Waals surface area contributed by atoms with Crippen LogP contribution in [0.3, 0.4) is 0 Å². The van der Waals surface area contributed by atoms with Crippen LogP contribution < -0.4 is 0 Å². The molecule has 2 heteroatoms. The van der Waals surface area contributed by atoms with Crippen LogP contribution in [0.15, 0.2) is 91.0 Å². The maximum atomic E-state index is 5.10. The Morgan fingerprint density at radius 1 is 0.690 bits per heavy atom. The van der Waals surface area contributed by atoms with E-state index in [1.165, 1.54) is 21.9 Å². The summed E-state index contributed by atoms with van der Waals surface area (Å²) in [5.74, 6) is 0.994. The highest BCUT2D eigenvalue weighted by atomic mass is 15.1. The number of imidazole rings is 1. The van der Waals surface area contributed by atoms with Crippen molar-refractivity contribution >= 4 is 21.8 Å². The van der Waals surface area contributed by atoms with E-state index in [0.29, 0.717) is 0 Å². The molecule has 0 atom stereocenters. The van der Waals surface area contributed by atoms with E-state index in [0.717, 1.165) is 22.5 Å². The molecule has 0 amide bonds. The first kappa shape index (κ1) is 17.7. The Bertz CT molecular complexity index is 1330. The van der Waals surface area contributed by atoms with Crippen LogP contribution in [0.5, 0.6) is 0 Å². The molecule has 1 heterocycles. The van der Waals surface area contributed by atoms with Crippen molar-refractivity contribution in [3.63, 3.8) is 0 Å². The molecule has 5 aromatic rings. The van der Waals surface area contributed by atoms with Gasteiger partial charge in [-0.3, -0.25) is 4.57 Å². The minimum absolute atomic E-state index is 0.0261. The fraction of sp³-hybridized carbons (Fsp3) is 0.148. The van der Waals surface area contributed by atoms with Crippen molar-refractivity contribution in [1.29, 1.82) is 0 Å². The summed E-state index contributed by atoms with van der Waals surface area (Å²) >= 11 is 0. The Morgan fingerprint density at radius 2 is 1.38 bits per heavy atom. The number of aromatic nitrogens is 2. The third kappa shape index (κ3) is 2.92. The highest BCUT2D eigenvalue weighted by Crippen LogP contribution is 2.37. The molecular weight excluding hydrogens is 352 g/mol. The van der Waals surface area contributed by atoms with Gasteiger partial charge in [0.2, 0.25) is 0 Å². The SMILES string of the molecule is CC(C)(C)c1ccccc1-c1nc2ccccc2n1-c1cccc2ccccc12. The molecule has 0 aliphatic carbocycles. The number of rotatable bonds is 2. The zero-order chi connectivity index (χ0) is 20.0. The van der Waals surface area contributed by atoms with Crippen molar-refractivity contribution in [3.8, 4) is 17.1 Å². The second-order valence-electron chi connectivity index (χ2n) is 8.55. The minimum atomic E-state index is 0.0261. The molecular formula is C27H24N2. The zero-order valence-electron chi connectivity index (χ0n) is 17.1. The van der Waals surface area contributed by atoms with Gasteiger partial charge in [-0.15, -0.1) is 0 Å². The number of hydrogen-bond acceptors (Lipinski definition) is 1. The van der Waals surface area contributed by atoms with Crippen molar-refractivity contribution in [2.45, 2.75) is 26.2 Å². The van der Waals surface area contributed by atoms with Gasteiger partial charge in [0.05, 0.1) is 16.7 Å². The van der Waals surface area contributed by atoms with Gasteiger partial charge < -0.3 is 0 Å². The summed E-state index contributed by atoms with van der Waals surface area (Å²) in [5, 5.41) is 2.46. The van der Waals surface area contributed by atoms with Crippen LogP contribution in [-0.4, -0.2) is 9.55 Å². The van der Waals surface area contributed by atoms with Gasteiger partial charge >= 0.3 is 0 Å². The number of fused-ring (bicyclic) bond motifs is 2. The van der Waals surface area contributed by atoms with Crippen LogP contribution in [0.1, 0.15) is 26.3 Å². The quantitative estimate of drug-likeness (QED) is 0.320. The highest BCUT2D eigenvalue weighted by molar-refractivity contribution is 5.94. The van der Waals surface area contributed by atoms with Gasteiger partial charge in [-0.1, -0.05) is 93.6 Å². The number of benzene rings is 4. The monoisotopic (exact) mass is 376 g/mol. The molecule has 142 valence electrons. The summed E-state index contributed by atoms with van der Waals surface area (Å²) in [7, 11) is 0. The molecule has 0 N–H and O–H groups in total. The van der Waals surface area contributed by atoms with Crippen LogP contribution in [0, 0.1) is 0 Å². The summed E-state index contributed by atoms with van der Waals surface area (Å²) in [6.45, 7) is 6.78. The standard InChI is InChI=1S/C27H24N2/c1-27(2,3)22-15-7-6-14-21(22)26-28-23-16-8-9-17-25(23)29(26)24-18-10-12-19-11-4-5-13-20(19)24/h4-18H,1-3H3. The van der Waals surface area contributed by atoms with Crippen LogP contribution in [0.4, 0.5) is 0 Å². The Labute approximate surface area is 171 Å². The Morgan fingerprint density at radius 3 is 2.24 bits per heavy atom. The fourth-order valence-corrected chi connectivity index (χ4v) is 4.19. The Kier molecular flexibility index (Phi) is 4.02. The molecule has 0 saturated heterocycles. The predicted octanol–water partition coefficient (Wildman–Crippen LogP) is 7.14. The van der Waals surface area contributed by atoms with Crippen molar-refractivity contribution in [2.24, 2.45) is 0 Å². The summed E-state index contributed by atoms with van der Waals surface area (Å²) in [6.07, 6.45) is 0. The summed E-state index contributed by atoms with van der Waals surface area (Å²) in [4.78, 5) is 5.10. The molecule has 5 rings (SSSR count). The normalized spacial score (nSPS) is 12.0. The summed E-state index contributed by atoms with van der Waals surface area (Å²) in [6, 6.07) is 32.1. The fourth-order valence-electron chi connectivity index (χ4n) is 4.19. The molecule has 0 radical (unpaired) electrons.